The average Bonchev–Trinajstić information content (AvgIpc) is 3.34. The van der Waals surface area contributed by atoms with Gasteiger partial charge in [0, 0.05) is 17.1 Å². The molecule has 0 unspecified atom stereocenters. The van der Waals surface area contributed by atoms with Crippen LogP contribution in [-0.4, -0.2) is 22.6 Å². The van der Waals surface area contributed by atoms with E-state index in [0.29, 0.717) is 22.5 Å². The zero-order valence-corrected chi connectivity index (χ0v) is 16.1. The zero-order chi connectivity index (χ0) is 18.4. The molecule has 0 bridgehead atoms. The lowest BCUT2D eigenvalue weighted by Gasteiger charge is -2.17. The summed E-state index contributed by atoms with van der Waals surface area (Å²) in [5.41, 5.74) is 0.925. The summed E-state index contributed by atoms with van der Waals surface area (Å²) < 4.78 is 5.28. The van der Waals surface area contributed by atoms with E-state index in [-0.39, 0.29) is 5.91 Å². The number of benzene rings is 1. The van der Waals surface area contributed by atoms with Crippen molar-refractivity contribution in [3.63, 3.8) is 0 Å². The van der Waals surface area contributed by atoms with Gasteiger partial charge in [-0.2, -0.15) is 0 Å². The maximum atomic E-state index is 12.8. The number of furan rings is 1. The van der Waals surface area contributed by atoms with Gasteiger partial charge in [-0.3, -0.25) is 9.69 Å². The molecule has 26 heavy (non-hydrogen) atoms. The molecule has 1 amide bonds. The van der Waals surface area contributed by atoms with Gasteiger partial charge in [0.15, 0.2) is 5.76 Å². The second-order valence-electron chi connectivity index (χ2n) is 5.89. The minimum absolute atomic E-state index is 0.190. The predicted octanol–water partition coefficient (Wildman–Crippen LogP) is 5.68. The minimum atomic E-state index is -0.190. The van der Waals surface area contributed by atoms with E-state index in [4.69, 9.17) is 16.0 Å². The van der Waals surface area contributed by atoms with Gasteiger partial charge in [0.05, 0.1) is 6.26 Å². The Labute approximate surface area is 161 Å². The van der Waals surface area contributed by atoms with Gasteiger partial charge in [-0.25, -0.2) is 0 Å². The first-order valence-electron chi connectivity index (χ1n) is 8.64. The molecule has 3 aromatic rings. The number of halogens is 1. The number of carbonyl (C=O) groups is 1. The SMILES string of the molecule is CCCCCCN(C(=O)c1ccco1)c1nnc(-c2ccc(Cl)cc2)s1. The lowest BCUT2D eigenvalue weighted by molar-refractivity contribution is 0.0959. The van der Waals surface area contributed by atoms with E-state index < -0.39 is 0 Å². The highest BCUT2D eigenvalue weighted by Crippen LogP contribution is 2.30. The number of rotatable bonds is 8. The van der Waals surface area contributed by atoms with Crippen LogP contribution in [0, 0.1) is 0 Å². The normalized spacial score (nSPS) is 10.8. The Bertz CT molecular complexity index is 831. The summed E-state index contributed by atoms with van der Waals surface area (Å²) >= 11 is 7.33. The van der Waals surface area contributed by atoms with Crippen LogP contribution < -0.4 is 4.90 Å². The van der Waals surface area contributed by atoms with Crippen LogP contribution in [0.2, 0.25) is 5.02 Å². The van der Waals surface area contributed by atoms with Crippen molar-refractivity contribution in [1.82, 2.24) is 10.2 Å². The fourth-order valence-electron chi connectivity index (χ4n) is 2.55. The highest BCUT2D eigenvalue weighted by atomic mass is 35.5. The van der Waals surface area contributed by atoms with Gasteiger partial charge in [0.25, 0.3) is 5.91 Å². The first kappa shape index (κ1) is 18.6. The van der Waals surface area contributed by atoms with E-state index in [1.165, 1.54) is 17.6 Å². The molecule has 0 N–H and O–H groups in total. The topological polar surface area (TPSA) is 59.2 Å². The van der Waals surface area contributed by atoms with Crippen LogP contribution in [-0.2, 0) is 0 Å². The Kier molecular flexibility index (Phi) is 6.41. The Morgan fingerprint density at radius 2 is 1.96 bits per heavy atom. The molecule has 2 heterocycles. The second-order valence-corrected chi connectivity index (χ2v) is 7.28. The molecule has 1 aromatic carbocycles. The van der Waals surface area contributed by atoms with Crippen molar-refractivity contribution in [2.24, 2.45) is 0 Å². The van der Waals surface area contributed by atoms with Crippen LogP contribution in [0.5, 0.6) is 0 Å². The number of unbranched alkanes of at least 4 members (excludes halogenated alkanes) is 3. The fourth-order valence-corrected chi connectivity index (χ4v) is 3.55. The molecule has 0 radical (unpaired) electrons. The molecule has 2 aromatic heterocycles. The number of anilines is 1. The van der Waals surface area contributed by atoms with Crippen molar-refractivity contribution < 1.29 is 9.21 Å². The Morgan fingerprint density at radius 3 is 2.65 bits per heavy atom. The molecule has 0 saturated carbocycles. The monoisotopic (exact) mass is 389 g/mol. The number of hydrogen-bond acceptors (Lipinski definition) is 5. The van der Waals surface area contributed by atoms with Gasteiger partial charge in [-0.15, -0.1) is 10.2 Å². The van der Waals surface area contributed by atoms with Crippen molar-refractivity contribution in [2.75, 3.05) is 11.4 Å². The first-order chi connectivity index (χ1) is 12.7. The zero-order valence-electron chi connectivity index (χ0n) is 14.5. The predicted molar refractivity (Wildman–Crippen MR) is 105 cm³/mol. The van der Waals surface area contributed by atoms with Crippen LogP contribution in [0.25, 0.3) is 10.6 Å². The van der Waals surface area contributed by atoms with Crippen LogP contribution in [0.15, 0.2) is 47.1 Å². The van der Waals surface area contributed by atoms with Crippen LogP contribution >= 0.6 is 22.9 Å². The summed E-state index contributed by atoms with van der Waals surface area (Å²) in [6.45, 7) is 2.75. The molecule has 0 atom stereocenters. The molecular formula is C19H20ClN3O2S. The number of hydrogen-bond donors (Lipinski definition) is 0. The molecular weight excluding hydrogens is 370 g/mol. The minimum Gasteiger partial charge on any atom is -0.459 e. The van der Waals surface area contributed by atoms with E-state index >= 15 is 0 Å². The van der Waals surface area contributed by atoms with Gasteiger partial charge >= 0.3 is 0 Å². The summed E-state index contributed by atoms with van der Waals surface area (Å²) in [4.78, 5) is 14.5. The molecule has 7 heteroatoms. The van der Waals surface area contributed by atoms with Crippen LogP contribution in [0.3, 0.4) is 0 Å². The third-order valence-corrected chi connectivity index (χ3v) is 5.20. The van der Waals surface area contributed by atoms with E-state index in [2.05, 4.69) is 17.1 Å². The second kappa shape index (κ2) is 8.96. The van der Waals surface area contributed by atoms with Gasteiger partial charge in [-0.05, 0) is 30.7 Å². The Hall–Kier alpha value is -2.18. The van der Waals surface area contributed by atoms with Crippen molar-refractivity contribution in [3.05, 3.63) is 53.4 Å². The fraction of sp³-hybridized carbons (Fsp3) is 0.316. The van der Waals surface area contributed by atoms with Crippen molar-refractivity contribution in [1.29, 1.82) is 0 Å². The lowest BCUT2D eigenvalue weighted by atomic mass is 10.2. The van der Waals surface area contributed by atoms with E-state index in [9.17, 15) is 4.79 Å². The third kappa shape index (κ3) is 4.51. The molecule has 0 aliphatic heterocycles. The Morgan fingerprint density at radius 1 is 1.15 bits per heavy atom. The van der Waals surface area contributed by atoms with Crippen molar-refractivity contribution in [2.45, 2.75) is 32.6 Å². The molecule has 0 fully saturated rings. The smallest absolute Gasteiger partial charge is 0.295 e. The molecule has 0 saturated heterocycles. The standard InChI is InChI=1S/C19H20ClN3O2S/c1-2-3-4-5-12-23(18(24)16-7-6-13-25-16)19-22-21-17(26-19)14-8-10-15(20)11-9-14/h6-11,13H,2-5,12H2,1H3. The van der Waals surface area contributed by atoms with Crippen LogP contribution in [0.1, 0.15) is 43.2 Å². The number of amides is 1. The summed E-state index contributed by atoms with van der Waals surface area (Å²) in [7, 11) is 0. The highest BCUT2D eigenvalue weighted by molar-refractivity contribution is 7.18. The molecule has 0 aliphatic rings. The quantitative estimate of drug-likeness (QED) is 0.465. The molecule has 0 aliphatic carbocycles. The molecule has 136 valence electrons. The maximum Gasteiger partial charge on any atom is 0.295 e. The molecule has 3 rings (SSSR count). The van der Waals surface area contributed by atoms with Crippen molar-refractivity contribution in [3.8, 4) is 10.6 Å². The van der Waals surface area contributed by atoms with E-state index in [0.717, 1.165) is 36.3 Å². The van der Waals surface area contributed by atoms with E-state index in [1.807, 2.05) is 24.3 Å². The maximum absolute atomic E-state index is 12.8. The van der Waals surface area contributed by atoms with E-state index in [1.54, 1.807) is 17.0 Å². The summed E-state index contributed by atoms with van der Waals surface area (Å²) in [6, 6.07) is 10.8. The average molecular weight is 390 g/mol. The number of nitrogens with zero attached hydrogens (tertiary/aromatic N) is 3. The van der Waals surface area contributed by atoms with Crippen molar-refractivity contribution >= 4 is 34.0 Å². The Balaban J connectivity index is 1.81. The third-order valence-electron chi connectivity index (χ3n) is 3.95. The molecule has 5 nitrogen and oxygen atoms in total. The van der Waals surface area contributed by atoms with Gasteiger partial charge < -0.3 is 4.42 Å². The molecule has 0 spiro atoms. The van der Waals surface area contributed by atoms with Gasteiger partial charge in [-0.1, -0.05) is 61.3 Å². The summed E-state index contributed by atoms with van der Waals surface area (Å²) in [5, 5.41) is 10.5. The first-order valence-corrected chi connectivity index (χ1v) is 9.83. The lowest BCUT2D eigenvalue weighted by Crippen LogP contribution is -2.31. The highest BCUT2D eigenvalue weighted by Gasteiger charge is 2.23. The van der Waals surface area contributed by atoms with Crippen LogP contribution in [0.4, 0.5) is 5.13 Å². The number of aromatic nitrogens is 2. The summed E-state index contributed by atoms with van der Waals surface area (Å²) in [5.74, 6) is 0.119. The number of carbonyl (C=O) groups excluding carboxylic acids is 1. The summed E-state index contributed by atoms with van der Waals surface area (Å²) in [6.07, 6.45) is 5.78. The van der Waals surface area contributed by atoms with Gasteiger partial charge in [0.2, 0.25) is 5.13 Å². The van der Waals surface area contributed by atoms with Gasteiger partial charge in [0.1, 0.15) is 5.01 Å². The largest absolute Gasteiger partial charge is 0.459 e.